The van der Waals surface area contributed by atoms with Crippen molar-refractivity contribution in [1.29, 1.82) is 5.26 Å². The van der Waals surface area contributed by atoms with E-state index in [9.17, 15) is 10.1 Å². The number of hydrogen-bond donors (Lipinski definition) is 1. The van der Waals surface area contributed by atoms with Gasteiger partial charge in [-0.2, -0.15) is 5.26 Å². The van der Waals surface area contributed by atoms with Crippen LogP contribution in [-0.4, -0.2) is 5.97 Å². The first-order valence-corrected chi connectivity index (χ1v) is 9.52. The quantitative estimate of drug-likeness (QED) is 0.381. The van der Waals surface area contributed by atoms with Crippen LogP contribution in [0.5, 0.6) is 11.5 Å². The zero-order valence-electron chi connectivity index (χ0n) is 16.4. The van der Waals surface area contributed by atoms with Gasteiger partial charge < -0.3 is 24.0 Å². The maximum Gasteiger partial charge on any atom is 0.379 e. The van der Waals surface area contributed by atoms with Crippen molar-refractivity contribution in [3.05, 3.63) is 95.0 Å². The number of ether oxygens (including phenoxy) is 2. The molecule has 31 heavy (non-hydrogen) atoms. The summed E-state index contributed by atoms with van der Waals surface area (Å²) >= 11 is 0. The summed E-state index contributed by atoms with van der Waals surface area (Å²) in [6.07, 6.45) is 1.53. The van der Waals surface area contributed by atoms with Crippen LogP contribution in [-0.2, 0) is 0 Å². The standard InChI is InChI=1S/C24H16N2O5/c1-13-15-5-2-3-6-18(15)30-22(13)24(27)29-14-8-9-16-20(11-14)31-23(26)17(12-25)21(16)19-7-4-10-28-19/h2-11,21H,26H2,1H3. The number of carbonyl (C=O) groups excluding carboxylic acids is 1. The summed E-state index contributed by atoms with van der Waals surface area (Å²) in [4.78, 5) is 12.7. The number of carbonyl (C=O) groups is 1. The number of nitrogens with zero attached hydrogens (tertiary/aromatic N) is 1. The lowest BCUT2D eigenvalue weighted by molar-refractivity contribution is 0.0702. The molecule has 0 saturated carbocycles. The Bertz CT molecular complexity index is 1390. The van der Waals surface area contributed by atoms with Gasteiger partial charge in [0.2, 0.25) is 11.6 Å². The van der Waals surface area contributed by atoms with E-state index in [-0.39, 0.29) is 23.0 Å². The third kappa shape index (κ3) is 3.02. The molecule has 1 aliphatic rings. The molecule has 2 aromatic heterocycles. The lowest BCUT2D eigenvalue weighted by Gasteiger charge is -2.25. The zero-order chi connectivity index (χ0) is 21.5. The summed E-state index contributed by atoms with van der Waals surface area (Å²) in [5.74, 6) is 0.193. The minimum atomic E-state index is -0.617. The zero-order valence-corrected chi connectivity index (χ0v) is 16.4. The predicted octanol–water partition coefficient (Wildman–Crippen LogP) is 4.77. The second kappa shape index (κ2) is 7.11. The number of hydrogen-bond acceptors (Lipinski definition) is 7. The van der Waals surface area contributed by atoms with Gasteiger partial charge in [0.15, 0.2) is 0 Å². The predicted molar refractivity (Wildman–Crippen MR) is 110 cm³/mol. The lowest BCUT2D eigenvalue weighted by atomic mass is 9.87. The van der Waals surface area contributed by atoms with Gasteiger partial charge in [-0.1, -0.05) is 24.3 Å². The monoisotopic (exact) mass is 412 g/mol. The van der Waals surface area contributed by atoms with E-state index in [1.54, 1.807) is 43.3 Å². The Balaban J connectivity index is 1.49. The topological polar surface area (TPSA) is 112 Å². The first-order valence-electron chi connectivity index (χ1n) is 9.52. The molecule has 0 radical (unpaired) electrons. The molecule has 0 amide bonds. The number of esters is 1. The van der Waals surface area contributed by atoms with Crippen LogP contribution in [0.25, 0.3) is 11.0 Å². The molecule has 3 heterocycles. The van der Waals surface area contributed by atoms with Crippen molar-refractivity contribution in [2.24, 2.45) is 5.73 Å². The molecule has 1 unspecified atom stereocenters. The number of rotatable bonds is 3. The van der Waals surface area contributed by atoms with Crippen LogP contribution in [0.1, 0.15) is 33.4 Å². The number of fused-ring (bicyclic) bond motifs is 2. The molecule has 5 rings (SSSR count). The van der Waals surface area contributed by atoms with Crippen molar-refractivity contribution in [3.8, 4) is 17.6 Å². The summed E-state index contributed by atoms with van der Waals surface area (Å²) in [6.45, 7) is 1.81. The van der Waals surface area contributed by atoms with Crippen molar-refractivity contribution >= 4 is 16.9 Å². The fourth-order valence-electron chi connectivity index (χ4n) is 3.77. The first-order chi connectivity index (χ1) is 15.1. The van der Waals surface area contributed by atoms with E-state index in [1.807, 2.05) is 18.2 Å². The second-order valence-corrected chi connectivity index (χ2v) is 7.08. The van der Waals surface area contributed by atoms with Crippen molar-refractivity contribution in [2.75, 3.05) is 0 Å². The molecule has 4 aromatic rings. The molecular formula is C24H16N2O5. The highest BCUT2D eigenvalue weighted by Crippen LogP contribution is 2.43. The van der Waals surface area contributed by atoms with Gasteiger partial charge in [0.1, 0.15) is 34.5 Å². The van der Waals surface area contributed by atoms with Crippen LogP contribution in [0.2, 0.25) is 0 Å². The van der Waals surface area contributed by atoms with Gasteiger partial charge in [0.05, 0.1) is 12.2 Å². The van der Waals surface area contributed by atoms with Crippen LogP contribution in [0.4, 0.5) is 0 Å². The fraction of sp³-hybridized carbons (Fsp3) is 0.0833. The molecule has 7 nitrogen and oxygen atoms in total. The first kappa shape index (κ1) is 18.6. The summed E-state index contributed by atoms with van der Waals surface area (Å²) in [7, 11) is 0. The number of nitrogens with two attached hydrogens (primary N) is 1. The van der Waals surface area contributed by atoms with E-state index in [1.165, 1.54) is 6.26 Å². The molecule has 0 saturated heterocycles. The molecule has 1 aliphatic heterocycles. The highest BCUT2D eigenvalue weighted by molar-refractivity contribution is 5.96. The molecule has 2 aromatic carbocycles. The molecule has 7 heteroatoms. The summed E-state index contributed by atoms with van der Waals surface area (Å²) in [6, 6.07) is 17.9. The summed E-state index contributed by atoms with van der Waals surface area (Å²) in [5.41, 5.74) is 8.23. The minimum Gasteiger partial charge on any atom is -0.468 e. The molecule has 0 spiro atoms. The summed E-state index contributed by atoms with van der Waals surface area (Å²) < 4.78 is 22.4. The molecule has 0 aliphatic carbocycles. The van der Waals surface area contributed by atoms with Crippen molar-refractivity contribution in [2.45, 2.75) is 12.8 Å². The third-order valence-corrected chi connectivity index (χ3v) is 5.26. The molecule has 152 valence electrons. The highest BCUT2D eigenvalue weighted by atomic mass is 16.5. The smallest absolute Gasteiger partial charge is 0.379 e. The number of benzene rings is 2. The minimum absolute atomic E-state index is 0.0204. The van der Waals surface area contributed by atoms with Crippen molar-refractivity contribution in [3.63, 3.8) is 0 Å². The van der Waals surface area contributed by atoms with Crippen LogP contribution < -0.4 is 15.2 Å². The number of aryl methyl sites for hydroxylation is 1. The Labute approximate surface area is 176 Å². The Hall–Kier alpha value is -4.44. The fourth-order valence-corrected chi connectivity index (χ4v) is 3.77. The molecule has 1 atom stereocenters. The average Bonchev–Trinajstić information content (AvgIpc) is 3.41. The number of para-hydroxylation sites is 1. The number of allylic oxidation sites excluding steroid dienone is 1. The van der Waals surface area contributed by atoms with E-state index in [4.69, 9.17) is 24.0 Å². The largest absolute Gasteiger partial charge is 0.468 e. The Morgan fingerprint density at radius 2 is 2.00 bits per heavy atom. The van der Waals surface area contributed by atoms with E-state index in [2.05, 4.69) is 6.07 Å². The normalized spacial score (nSPS) is 15.3. The van der Waals surface area contributed by atoms with Crippen LogP contribution in [0, 0.1) is 18.3 Å². The molecular weight excluding hydrogens is 396 g/mol. The van der Waals surface area contributed by atoms with Crippen molar-refractivity contribution in [1.82, 2.24) is 0 Å². The van der Waals surface area contributed by atoms with Crippen molar-refractivity contribution < 1.29 is 23.1 Å². The van der Waals surface area contributed by atoms with Gasteiger partial charge in [-0.05, 0) is 31.2 Å². The van der Waals surface area contributed by atoms with Crippen LogP contribution in [0.3, 0.4) is 0 Å². The maximum absolute atomic E-state index is 12.7. The van der Waals surface area contributed by atoms with E-state index < -0.39 is 11.9 Å². The Morgan fingerprint density at radius 1 is 1.16 bits per heavy atom. The Kier molecular flexibility index (Phi) is 4.26. The van der Waals surface area contributed by atoms with Crippen LogP contribution >= 0.6 is 0 Å². The second-order valence-electron chi connectivity index (χ2n) is 7.08. The lowest BCUT2D eigenvalue weighted by Crippen LogP contribution is -2.21. The van der Waals surface area contributed by atoms with Gasteiger partial charge in [-0.15, -0.1) is 0 Å². The van der Waals surface area contributed by atoms with Gasteiger partial charge in [0, 0.05) is 22.6 Å². The molecule has 0 bridgehead atoms. The number of furan rings is 2. The highest BCUT2D eigenvalue weighted by Gasteiger charge is 2.33. The molecule has 0 fully saturated rings. The maximum atomic E-state index is 12.7. The average molecular weight is 412 g/mol. The van der Waals surface area contributed by atoms with Crippen LogP contribution in [0.15, 0.2) is 81.2 Å². The number of nitriles is 1. The van der Waals surface area contributed by atoms with E-state index >= 15 is 0 Å². The van der Waals surface area contributed by atoms with E-state index in [0.717, 1.165) is 5.39 Å². The van der Waals surface area contributed by atoms with E-state index in [0.29, 0.717) is 28.2 Å². The Morgan fingerprint density at radius 3 is 2.74 bits per heavy atom. The van der Waals surface area contributed by atoms with Gasteiger partial charge in [0.25, 0.3) is 0 Å². The molecule has 2 N–H and O–H groups in total. The van der Waals surface area contributed by atoms with Gasteiger partial charge >= 0.3 is 5.97 Å². The van der Waals surface area contributed by atoms with Gasteiger partial charge in [-0.25, -0.2) is 4.79 Å². The van der Waals surface area contributed by atoms with Gasteiger partial charge in [-0.3, -0.25) is 0 Å². The third-order valence-electron chi connectivity index (χ3n) is 5.26. The SMILES string of the molecule is Cc1c(C(=O)Oc2ccc3c(c2)OC(N)=C(C#N)C3c2ccco2)oc2ccccc12. The summed E-state index contributed by atoms with van der Waals surface area (Å²) in [5, 5.41) is 10.4.